The fourth-order valence-electron chi connectivity index (χ4n) is 2.61. The summed E-state index contributed by atoms with van der Waals surface area (Å²) in [5.41, 5.74) is 3.37. The molecule has 0 spiro atoms. The zero-order valence-corrected chi connectivity index (χ0v) is 13.2. The first-order valence-corrected chi connectivity index (χ1v) is 7.25. The van der Waals surface area contributed by atoms with Crippen LogP contribution in [0, 0.1) is 0 Å². The molecule has 0 fully saturated rings. The molecule has 9 heteroatoms. The van der Waals surface area contributed by atoms with Crippen LogP contribution < -0.4 is 11.3 Å². The summed E-state index contributed by atoms with van der Waals surface area (Å²) in [6, 6.07) is 6.23. The van der Waals surface area contributed by atoms with Crippen molar-refractivity contribution in [3.63, 3.8) is 0 Å². The predicted octanol–water partition coefficient (Wildman–Crippen LogP) is 2.22. The molecule has 0 unspecified atom stereocenters. The van der Waals surface area contributed by atoms with Crippen LogP contribution in [0.2, 0.25) is 5.15 Å². The van der Waals surface area contributed by atoms with E-state index >= 15 is 0 Å². The number of halogens is 1. The number of nitrogens with one attached hydrogen (secondary N) is 1. The van der Waals surface area contributed by atoms with Crippen LogP contribution in [-0.2, 0) is 0 Å². The van der Waals surface area contributed by atoms with E-state index in [0.717, 1.165) is 5.39 Å². The number of H-pyrrole nitrogens is 1. The molecule has 2 aromatic heterocycles. The van der Waals surface area contributed by atoms with Crippen molar-refractivity contribution >= 4 is 40.1 Å². The van der Waals surface area contributed by atoms with Crippen molar-refractivity contribution in [3.8, 4) is 11.1 Å². The average molecular weight is 360 g/mol. The molecule has 0 saturated heterocycles. The Morgan fingerprint density at radius 3 is 2.40 bits per heavy atom. The lowest BCUT2D eigenvalue weighted by molar-refractivity contribution is 0.0695. The maximum Gasteiger partial charge on any atom is 0.342 e. The summed E-state index contributed by atoms with van der Waals surface area (Å²) in [5, 5.41) is 20.4. The van der Waals surface area contributed by atoms with Crippen LogP contribution in [0.5, 0.6) is 0 Å². The van der Waals surface area contributed by atoms with E-state index in [2.05, 4.69) is 9.97 Å². The zero-order chi connectivity index (χ0) is 18.3. The Balaban J connectivity index is 2.43. The summed E-state index contributed by atoms with van der Waals surface area (Å²) in [6.45, 7) is 0. The molecule has 25 heavy (non-hydrogen) atoms. The standard InChI is InChI=1S/C16H10ClN3O5/c17-9-4-6-1-2-7(3-8(6)5-19-9)10-11(15(22)23)13(18)20-14(21)12(10)16(24)25/h1-5H,(H,22,23)(H,24,25)(H3,18,20,21). The minimum atomic E-state index is -1.56. The zero-order valence-electron chi connectivity index (χ0n) is 12.4. The molecule has 8 nitrogen and oxygen atoms in total. The average Bonchev–Trinajstić information content (AvgIpc) is 2.52. The monoisotopic (exact) mass is 359 g/mol. The number of pyridine rings is 2. The molecule has 5 N–H and O–H groups in total. The highest BCUT2D eigenvalue weighted by Crippen LogP contribution is 2.31. The highest BCUT2D eigenvalue weighted by molar-refractivity contribution is 6.30. The lowest BCUT2D eigenvalue weighted by atomic mass is 9.94. The summed E-state index contributed by atoms with van der Waals surface area (Å²) in [6.07, 6.45) is 1.46. The van der Waals surface area contributed by atoms with E-state index in [9.17, 15) is 24.6 Å². The van der Waals surface area contributed by atoms with Crippen LogP contribution in [0.1, 0.15) is 20.7 Å². The summed E-state index contributed by atoms with van der Waals surface area (Å²) >= 11 is 5.82. The number of aromatic nitrogens is 2. The van der Waals surface area contributed by atoms with Crippen LogP contribution >= 0.6 is 11.6 Å². The van der Waals surface area contributed by atoms with Gasteiger partial charge >= 0.3 is 11.9 Å². The maximum atomic E-state index is 12.0. The number of rotatable bonds is 3. The molecule has 0 amide bonds. The maximum absolute atomic E-state index is 12.0. The number of nitrogens with zero attached hydrogens (tertiary/aromatic N) is 1. The van der Waals surface area contributed by atoms with Crippen molar-refractivity contribution in [1.29, 1.82) is 0 Å². The molecule has 0 bridgehead atoms. The minimum Gasteiger partial charge on any atom is -0.478 e. The number of fused-ring (bicyclic) bond motifs is 1. The Kier molecular flexibility index (Phi) is 3.90. The molecule has 126 valence electrons. The van der Waals surface area contributed by atoms with Crippen molar-refractivity contribution in [1.82, 2.24) is 9.97 Å². The molecule has 3 aromatic rings. The van der Waals surface area contributed by atoms with Gasteiger partial charge in [0.15, 0.2) is 0 Å². The lowest BCUT2D eigenvalue weighted by Crippen LogP contribution is -2.24. The van der Waals surface area contributed by atoms with Crippen LogP contribution in [-0.4, -0.2) is 32.1 Å². The molecule has 0 saturated carbocycles. The quantitative estimate of drug-likeness (QED) is 0.524. The van der Waals surface area contributed by atoms with E-state index in [1.54, 1.807) is 12.1 Å². The number of benzene rings is 1. The largest absolute Gasteiger partial charge is 0.478 e. The fourth-order valence-corrected chi connectivity index (χ4v) is 2.77. The van der Waals surface area contributed by atoms with Gasteiger partial charge in [-0.15, -0.1) is 0 Å². The van der Waals surface area contributed by atoms with Gasteiger partial charge < -0.3 is 20.9 Å². The number of carboxylic acids is 2. The van der Waals surface area contributed by atoms with Gasteiger partial charge in [0.2, 0.25) is 0 Å². The SMILES string of the molecule is Nc1[nH]c(=O)c(C(=O)O)c(-c2ccc3cc(Cl)ncc3c2)c1C(=O)O. The Hall–Kier alpha value is -3.39. The first-order chi connectivity index (χ1) is 11.8. The van der Waals surface area contributed by atoms with E-state index in [0.29, 0.717) is 5.39 Å². The second-order valence-corrected chi connectivity index (χ2v) is 5.56. The fraction of sp³-hybridized carbons (Fsp3) is 0. The first kappa shape index (κ1) is 16.5. The van der Waals surface area contributed by atoms with Crippen molar-refractivity contribution in [2.24, 2.45) is 0 Å². The first-order valence-electron chi connectivity index (χ1n) is 6.87. The summed E-state index contributed by atoms with van der Waals surface area (Å²) < 4.78 is 0. The van der Waals surface area contributed by atoms with Crippen LogP contribution in [0.25, 0.3) is 21.9 Å². The molecule has 0 radical (unpaired) electrons. The van der Waals surface area contributed by atoms with Crippen LogP contribution in [0.15, 0.2) is 35.3 Å². The molecule has 0 aliphatic heterocycles. The number of aromatic carboxylic acids is 2. The van der Waals surface area contributed by atoms with Gasteiger partial charge in [0.25, 0.3) is 5.56 Å². The van der Waals surface area contributed by atoms with Gasteiger partial charge in [0.05, 0.1) is 0 Å². The smallest absolute Gasteiger partial charge is 0.342 e. The lowest BCUT2D eigenvalue weighted by Gasteiger charge is -2.12. The van der Waals surface area contributed by atoms with Gasteiger partial charge in [0.1, 0.15) is 22.1 Å². The van der Waals surface area contributed by atoms with Gasteiger partial charge in [-0.2, -0.15) is 0 Å². The predicted molar refractivity (Wildman–Crippen MR) is 91.1 cm³/mol. The van der Waals surface area contributed by atoms with Gasteiger partial charge in [-0.1, -0.05) is 23.7 Å². The second-order valence-electron chi connectivity index (χ2n) is 5.17. The van der Waals surface area contributed by atoms with Crippen molar-refractivity contribution in [2.75, 3.05) is 5.73 Å². The Bertz CT molecular complexity index is 1110. The third kappa shape index (κ3) is 2.79. The number of nitrogens with two attached hydrogens (primary N) is 1. The topological polar surface area (TPSA) is 146 Å². The third-order valence-electron chi connectivity index (χ3n) is 3.65. The Morgan fingerprint density at radius 2 is 1.76 bits per heavy atom. The van der Waals surface area contributed by atoms with Crippen molar-refractivity contribution < 1.29 is 19.8 Å². The number of hydrogen-bond acceptors (Lipinski definition) is 5. The summed E-state index contributed by atoms with van der Waals surface area (Å²) in [7, 11) is 0. The number of anilines is 1. The molecule has 3 rings (SSSR count). The minimum absolute atomic E-state index is 0.212. The molecular weight excluding hydrogens is 350 g/mol. The molecule has 1 aromatic carbocycles. The van der Waals surface area contributed by atoms with E-state index in [1.165, 1.54) is 18.3 Å². The van der Waals surface area contributed by atoms with E-state index in [-0.39, 0.29) is 16.3 Å². The normalized spacial score (nSPS) is 10.8. The van der Waals surface area contributed by atoms with E-state index in [1.807, 2.05) is 0 Å². The third-order valence-corrected chi connectivity index (χ3v) is 3.86. The number of carbonyl (C=O) groups is 2. The molecule has 0 atom stereocenters. The number of nitrogen functional groups attached to an aromatic ring is 1. The molecule has 2 heterocycles. The van der Waals surface area contributed by atoms with Crippen LogP contribution in [0.4, 0.5) is 5.82 Å². The Labute approximate surface area is 144 Å². The van der Waals surface area contributed by atoms with Gasteiger partial charge in [-0.3, -0.25) is 4.79 Å². The highest BCUT2D eigenvalue weighted by atomic mass is 35.5. The summed E-state index contributed by atoms with van der Waals surface area (Å²) in [5.74, 6) is -3.44. The Morgan fingerprint density at radius 1 is 1.08 bits per heavy atom. The van der Waals surface area contributed by atoms with Gasteiger partial charge in [0, 0.05) is 17.1 Å². The molecular formula is C16H10ClN3O5. The van der Waals surface area contributed by atoms with E-state index < -0.39 is 34.4 Å². The number of hydrogen-bond donors (Lipinski definition) is 4. The van der Waals surface area contributed by atoms with Crippen molar-refractivity contribution in [2.45, 2.75) is 0 Å². The number of carboxylic acid groups (broad SMARTS) is 2. The number of aromatic amines is 1. The second kappa shape index (κ2) is 5.91. The van der Waals surface area contributed by atoms with E-state index in [4.69, 9.17) is 17.3 Å². The van der Waals surface area contributed by atoms with Gasteiger partial charge in [-0.05, 0) is 23.1 Å². The van der Waals surface area contributed by atoms with Crippen LogP contribution in [0.3, 0.4) is 0 Å². The van der Waals surface area contributed by atoms with Crippen molar-refractivity contribution in [3.05, 3.63) is 57.1 Å². The highest BCUT2D eigenvalue weighted by Gasteiger charge is 2.26. The van der Waals surface area contributed by atoms with Gasteiger partial charge in [-0.25, -0.2) is 14.6 Å². The molecule has 0 aliphatic carbocycles. The summed E-state index contributed by atoms with van der Waals surface area (Å²) in [4.78, 5) is 41.1. The molecule has 0 aliphatic rings.